The lowest BCUT2D eigenvalue weighted by Crippen LogP contribution is -2.52. The molecule has 100 valence electrons. The minimum atomic E-state index is -2.29. The first-order chi connectivity index (χ1) is 7.10. The van der Waals surface area contributed by atoms with Crippen LogP contribution in [0.3, 0.4) is 0 Å². The van der Waals surface area contributed by atoms with Crippen LogP contribution in [0.5, 0.6) is 0 Å². The molecule has 0 saturated carbocycles. The second-order valence-corrected chi connectivity index (χ2v) is 16.3. The molecule has 0 unspecified atom stereocenters. The van der Waals surface area contributed by atoms with Crippen molar-refractivity contribution in [1.29, 1.82) is 0 Å². The second-order valence-electron chi connectivity index (χ2n) is 5.04. The van der Waals surface area contributed by atoms with Gasteiger partial charge < -0.3 is 8.23 Å². The van der Waals surface area contributed by atoms with Gasteiger partial charge in [0.05, 0.1) is 0 Å². The highest BCUT2D eigenvalue weighted by atomic mass is 28.5. The standard InChI is InChI=1S/C11H24O2Si3.H4Si/c1-9-14(4,5)12-16(8,11-3)13-15(6,7)10-2;/h9-11H,1-3H2,4-8H3;1H4. The molecule has 0 spiro atoms. The molecule has 0 aliphatic heterocycles. The summed E-state index contributed by atoms with van der Waals surface area (Å²) in [7, 11) is -5.95. The molecular weight excluding hydrogens is 276 g/mol. The molecule has 17 heavy (non-hydrogen) atoms. The van der Waals surface area contributed by atoms with Gasteiger partial charge in [-0.3, -0.25) is 0 Å². The molecule has 0 aromatic rings. The third-order valence-electron chi connectivity index (χ3n) is 2.29. The average Bonchev–Trinajstić information content (AvgIpc) is 2.16. The van der Waals surface area contributed by atoms with E-state index in [9.17, 15) is 0 Å². The Kier molecular flexibility index (Phi) is 7.75. The Balaban J connectivity index is 0. The molecule has 2 nitrogen and oxygen atoms in total. The van der Waals surface area contributed by atoms with Crippen LogP contribution in [0.2, 0.25) is 32.7 Å². The van der Waals surface area contributed by atoms with Crippen molar-refractivity contribution in [2.45, 2.75) is 32.7 Å². The molecule has 0 aromatic carbocycles. The zero-order valence-corrected chi connectivity index (χ0v) is 14.2. The van der Waals surface area contributed by atoms with Crippen molar-refractivity contribution in [2.75, 3.05) is 0 Å². The lowest BCUT2D eigenvalue weighted by molar-refractivity contribution is 0.408. The highest BCUT2D eigenvalue weighted by Gasteiger charge is 2.39. The van der Waals surface area contributed by atoms with E-state index >= 15 is 0 Å². The van der Waals surface area contributed by atoms with Gasteiger partial charge in [-0.25, -0.2) is 0 Å². The molecule has 0 heterocycles. The third kappa shape index (κ3) is 7.12. The minimum absolute atomic E-state index is 0. The highest BCUT2D eigenvalue weighted by molar-refractivity contribution is 6.92. The Bertz CT molecular complexity index is 265. The first-order valence-corrected chi connectivity index (χ1v) is 13.8. The van der Waals surface area contributed by atoms with E-state index in [1.54, 1.807) is 0 Å². The zero-order chi connectivity index (χ0) is 13.0. The van der Waals surface area contributed by atoms with E-state index in [0.717, 1.165) is 0 Å². The molecule has 0 bridgehead atoms. The Morgan fingerprint density at radius 1 is 0.706 bits per heavy atom. The molecule has 0 rings (SSSR count). The van der Waals surface area contributed by atoms with Crippen molar-refractivity contribution in [3.63, 3.8) is 0 Å². The van der Waals surface area contributed by atoms with Gasteiger partial charge in [0.2, 0.25) is 0 Å². The number of hydrogen-bond donors (Lipinski definition) is 0. The minimum Gasteiger partial charge on any atom is -0.430 e. The molecule has 0 saturated heterocycles. The van der Waals surface area contributed by atoms with Gasteiger partial charge in [-0.1, -0.05) is 17.1 Å². The van der Waals surface area contributed by atoms with Gasteiger partial charge in [-0.2, -0.15) is 0 Å². The fourth-order valence-corrected chi connectivity index (χ4v) is 11.5. The first-order valence-electron chi connectivity index (χ1n) is 5.41. The predicted molar refractivity (Wildman–Crippen MR) is 90.7 cm³/mol. The molecule has 0 aliphatic rings. The van der Waals surface area contributed by atoms with Gasteiger partial charge in [0.25, 0.3) is 0 Å². The summed E-state index contributed by atoms with van der Waals surface area (Å²) in [6.07, 6.45) is 0. The van der Waals surface area contributed by atoms with Crippen molar-refractivity contribution in [3.05, 3.63) is 36.8 Å². The Hall–Kier alpha value is 0.00753. The molecule has 0 radical (unpaired) electrons. The van der Waals surface area contributed by atoms with E-state index < -0.39 is 25.2 Å². The zero-order valence-electron chi connectivity index (χ0n) is 11.2. The number of rotatable bonds is 7. The van der Waals surface area contributed by atoms with Crippen LogP contribution >= 0.6 is 0 Å². The summed E-state index contributed by atoms with van der Waals surface area (Å²) in [5.74, 6) is 0. The van der Waals surface area contributed by atoms with E-state index in [-0.39, 0.29) is 11.0 Å². The smallest absolute Gasteiger partial charge is 0.341 e. The van der Waals surface area contributed by atoms with Crippen LogP contribution in [-0.2, 0) is 8.23 Å². The van der Waals surface area contributed by atoms with Gasteiger partial charge in [-0.15, -0.1) is 19.7 Å². The van der Waals surface area contributed by atoms with Crippen LogP contribution in [0.15, 0.2) is 36.8 Å². The van der Waals surface area contributed by atoms with E-state index in [2.05, 4.69) is 45.9 Å². The Labute approximate surface area is 114 Å². The maximum absolute atomic E-state index is 6.17. The summed E-state index contributed by atoms with van der Waals surface area (Å²) < 4.78 is 12.3. The molecule has 0 N–H and O–H groups in total. The highest BCUT2D eigenvalue weighted by Crippen LogP contribution is 2.22. The third-order valence-corrected chi connectivity index (χ3v) is 12.4. The maximum Gasteiger partial charge on any atom is 0.341 e. The van der Waals surface area contributed by atoms with Gasteiger partial charge in [0.15, 0.2) is 16.6 Å². The van der Waals surface area contributed by atoms with Crippen molar-refractivity contribution in [3.8, 4) is 0 Å². The van der Waals surface area contributed by atoms with Gasteiger partial charge in [-0.05, 0) is 43.7 Å². The summed E-state index contributed by atoms with van der Waals surface area (Å²) in [5.41, 5.74) is 5.70. The van der Waals surface area contributed by atoms with Gasteiger partial charge >= 0.3 is 8.56 Å². The second kappa shape index (κ2) is 6.81. The molecule has 0 atom stereocenters. The summed E-state index contributed by atoms with van der Waals surface area (Å²) >= 11 is 0. The van der Waals surface area contributed by atoms with Crippen LogP contribution in [0.4, 0.5) is 0 Å². The largest absolute Gasteiger partial charge is 0.430 e. The van der Waals surface area contributed by atoms with Crippen LogP contribution in [0.25, 0.3) is 0 Å². The molecule has 6 heteroatoms. The summed E-state index contributed by atoms with van der Waals surface area (Å²) in [6.45, 7) is 22.0. The van der Waals surface area contributed by atoms with Gasteiger partial charge in [0, 0.05) is 0 Å². The van der Waals surface area contributed by atoms with E-state index in [4.69, 9.17) is 8.23 Å². The predicted octanol–water partition coefficient (Wildman–Crippen LogP) is 2.23. The van der Waals surface area contributed by atoms with Crippen LogP contribution < -0.4 is 0 Å². The maximum atomic E-state index is 6.17. The number of hydrogen-bond acceptors (Lipinski definition) is 2. The molecule has 0 aromatic heterocycles. The Morgan fingerprint density at radius 3 is 1.18 bits per heavy atom. The summed E-state index contributed by atoms with van der Waals surface area (Å²) in [5, 5.41) is 0. The van der Waals surface area contributed by atoms with Crippen molar-refractivity contribution >= 4 is 36.2 Å². The first kappa shape index (κ1) is 19.3. The SMILES string of the molecule is C=C[Si](C)(C)O[Si](C)(C=C)O[Si](C)(C)C=C.[SiH4]. The lowest BCUT2D eigenvalue weighted by atomic mass is 11.3. The summed E-state index contributed by atoms with van der Waals surface area (Å²) in [4.78, 5) is 0. The monoisotopic (exact) mass is 304 g/mol. The van der Waals surface area contributed by atoms with E-state index in [1.165, 1.54) is 0 Å². The van der Waals surface area contributed by atoms with Crippen LogP contribution in [0.1, 0.15) is 0 Å². The Morgan fingerprint density at radius 2 is 1.00 bits per heavy atom. The molecular formula is C11H28O2Si4. The van der Waals surface area contributed by atoms with Crippen molar-refractivity contribution < 1.29 is 8.23 Å². The van der Waals surface area contributed by atoms with Crippen molar-refractivity contribution in [2.24, 2.45) is 0 Å². The fourth-order valence-electron chi connectivity index (χ4n) is 1.23. The van der Waals surface area contributed by atoms with Crippen LogP contribution in [-0.4, -0.2) is 36.2 Å². The van der Waals surface area contributed by atoms with Crippen molar-refractivity contribution in [1.82, 2.24) is 0 Å². The normalized spacial score (nSPS) is 12.5. The fraction of sp³-hybridized carbons (Fsp3) is 0.455. The average molecular weight is 305 g/mol. The molecule has 0 amide bonds. The lowest BCUT2D eigenvalue weighted by Gasteiger charge is -2.36. The van der Waals surface area contributed by atoms with E-state index in [0.29, 0.717) is 0 Å². The quantitative estimate of drug-likeness (QED) is 0.672. The molecule has 0 aliphatic carbocycles. The topological polar surface area (TPSA) is 18.5 Å². The molecule has 0 fully saturated rings. The van der Waals surface area contributed by atoms with Crippen LogP contribution in [0, 0.1) is 0 Å². The summed E-state index contributed by atoms with van der Waals surface area (Å²) in [6, 6.07) is 0. The van der Waals surface area contributed by atoms with Gasteiger partial charge in [0.1, 0.15) is 0 Å². The van der Waals surface area contributed by atoms with E-state index in [1.807, 2.05) is 23.6 Å².